The van der Waals surface area contributed by atoms with Crippen molar-refractivity contribution in [1.29, 1.82) is 0 Å². The Bertz CT molecular complexity index is 770. The number of aromatic nitrogens is 1. The quantitative estimate of drug-likeness (QED) is 0.935. The molecule has 23 heavy (non-hydrogen) atoms. The standard InChI is InChI=1S/C17H21N3O2S/c1-13-5-8-15(9-6-13)23(21,22)20-11-3-4-16(20)14-7-10-17(18-2)19-12-14/h5-10,12,16H,3-4,11H2,1-2H3,(H,18,19)/t16-/m0/s1. The SMILES string of the molecule is CNc1ccc([C@@H]2CCCN2S(=O)(=O)c2ccc(C)cc2)cn1. The van der Waals surface area contributed by atoms with Gasteiger partial charge in [-0.25, -0.2) is 13.4 Å². The molecule has 1 aliphatic rings. The van der Waals surface area contributed by atoms with E-state index in [0.717, 1.165) is 29.8 Å². The van der Waals surface area contributed by atoms with Gasteiger partial charge in [0, 0.05) is 19.8 Å². The van der Waals surface area contributed by atoms with Crippen molar-refractivity contribution in [2.45, 2.75) is 30.7 Å². The summed E-state index contributed by atoms with van der Waals surface area (Å²) in [6.07, 6.45) is 3.45. The molecule has 0 aliphatic carbocycles. The Hall–Kier alpha value is -1.92. The number of anilines is 1. The Morgan fingerprint density at radius 2 is 1.91 bits per heavy atom. The van der Waals surface area contributed by atoms with Crippen molar-refractivity contribution in [2.24, 2.45) is 0 Å². The van der Waals surface area contributed by atoms with Crippen LogP contribution in [-0.2, 0) is 10.0 Å². The first-order valence-electron chi connectivity index (χ1n) is 7.74. The number of nitrogens with one attached hydrogen (secondary N) is 1. The molecule has 1 aromatic carbocycles. The van der Waals surface area contributed by atoms with Crippen molar-refractivity contribution >= 4 is 15.8 Å². The van der Waals surface area contributed by atoms with Crippen molar-refractivity contribution in [2.75, 3.05) is 18.9 Å². The third-order valence-electron chi connectivity index (χ3n) is 4.26. The second-order valence-corrected chi connectivity index (χ2v) is 7.70. The molecule has 0 radical (unpaired) electrons. The maximum Gasteiger partial charge on any atom is 0.243 e. The van der Waals surface area contributed by atoms with Crippen LogP contribution in [0.25, 0.3) is 0 Å². The molecular formula is C17H21N3O2S. The lowest BCUT2D eigenvalue weighted by Gasteiger charge is -2.24. The molecule has 122 valence electrons. The lowest BCUT2D eigenvalue weighted by molar-refractivity contribution is 0.396. The van der Waals surface area contributed by atoms with Gasteiger partial charge in [-0.2, -0.15) is 4.31 Å². The first-order chi connectivity index (χ1) is 11.0. The summed E-state index contributed by atoms with van der Waals surface area (Å²) in [4.78, 5) is 4.67. The van der Waals surface area contributed by atoms with Crippen molar-refractivity contribution in [3.8, 4) is 0 Å². The van der Waals surface area contributed by atoms with E-state index in [4.69, 9.17) is 0 Å². The van der Waals surface area contributed by atoms with Crippen LogP contribution in [0.2, 0.25) is 0 Å². The highest BCUT2D eigenvalue weighted by Gasteiger charge is 2.36. The van der Waals surface area contributed by atoms with E-state index in [2.05, 4.69) is 10.3 Å². The van der Waals surface area contributed by atoms with Crippen LogP contribution in [0, 0.1) is 6.92 Å². The summed E-state index contributed by atoms with van der Waals surface area (Å²) in [5.74, 6) is 0.777. The predicted molar refractivity (Wildman–Crippen MR) is 90.8 cm³/mol. The normalized spacial score (nSPS) is 19.0. The number of aryl methyl sites for hydroxylation is 1. The zero-order valence-corrected chi connectivity index (χ0v) is 14.2. The summed E-state index contributed by atoms with van der Waals surface area (Å²) in [6, 6.07) is 10.7. The molecule has 2 heterocycles. The lowest BCUT2D eigenvalue weighted by atomic mass is 10.1. The third-order valence-corrected chi connectivity index (χ3v) is 6.18. The Labute approximate surface area is 137 Å². The summed E-state index contributed by atoms with van der Waals surface area (Å²) in [5, 5.41) is 2.97. The van der Waals surface area contributed by atoms with Crippen LogP contribution in [0.15, 0.2) is 47.5 Å². The van der Waals surface area contributed by atoms with Gasteiger partial charge in [0.2, 0.25) is 10.0 Å². The molecule has 0 spiro atoms. The van der Waals surface area contributed by atoms with Gasteiger partial charge in [0.1, 0.15) is 5.82 Å². The monoisotopic (exact) mass is 331 g/mol. The van der Waals surface area contributed by atoms with E-state index in [1.54, 1.807) is 22.6 Å². The van der Waals surface area contributed by atoms with E-state index >= 15 is 0 Å². The van der Waals surface area contributed by atoms with Crippen LogP contribution >= 0.6 is 0 Å². The molecule has 0 unspecified atom stereocenters. The number of nitrogens with zero attached hydrogens (tertiary/aromatic N) is 2. The van der Waals surface area contributed by atoms with Crippen LogP contribution in [0.4, 0.5) is 5.82 Å². The number of sulfonamides is 1. The largest absolute Gasteiger partial charge is 0.373 e. The molecule has 0 amide bonds. The van der Waals surface area contributed by atoms with Crippen molar-refractivity contribution in [1.82, 2.24) is 9.29 Å². The minimum Gasteiger partial charge on any atom is -0.373 e. The molecule has 3 rings (SSSR count). The molecular weight excluding hydrogens is 310 g/mol. The molecule has 1 aromatic heterocycles. The van der Waals surface area contributed by atoms with Gasteiger partial charge in [0.05, 0.1) is 10.9 Å². The van der Waals surface area contributed by atoms with Gasteiger partial charge in [-0.3, -0.25) is 0 Å². The first kappa shape index (κ1) is 16.0. The summed E-state index contributed by atoms with van der Waals surface area (Å²) < 4.78 is 27.5. The Kier molecular flexibility index (Phi) is 4.37. The number of hydrogen-bond donors (Lipinski definition) is 1. The fourth-order valence-corrected chi connectivity index (χ4v) is 4.64. The van der Waals surface area contributed by atoms with Crippen molar-refractivity contribution < 1.29 is 8.42 Å². The molecule has 1 aliphatic heterocycles. The minimum absolute atomic E-state index is 0.139. The van der Waals surface area contributed by atoms with Gasteiger partial charge in [-0.05, 0) is 43.5 Å². The fraction of sp³-hybridized carbons (Fsp3) is 0.353. The molecule has 1 N–H and O–H groups in total. The fourth-order valence-electron chi connectivity index (χ4n) is 2.96. The predicted octanol–water partition coefficient (Wildman–Crippen LogP) is 2.96. The van der Waals surface area contributed by atoms with E-state index < -0.39 is 10.0 Å². The third kappa shape index (κ3) is 3.09. The van der Waals surface area contributed by atoms with Crippen molar-refractivity contribution in [3.63, 3.8) is 0 Å². The average molecular weight is 331 g/mol. The van der Waals surface area contributed by atoms with Crippen LogP contribution in [0.1, 0.15) is 30.0 Å². The molecule has 1 fully saturated rings. The smallest absolute Gasteiger partial charge is 0.243 e. The highest BCUT2D eigenvalue weighted by Crippen LogP contribution is 2.36. The maximum absolute atomic E-state index is 12.9. The summed E-state index contributed by atoms with van der Waals surface area (Å²) in [7, 11) is -1.67. The average Bonchev–Trinajstić information content (AvgIpc) is 3.06. The highest BCUT2D eigenvalue weighted by atomic mass is 32.2. The molecule has 5 nitrogen and oxygen atoms in total. The van der Waals surface area contributed by atoms with Gasteiger partial charge in [-0.1, -0.05) is 23.8 Å². The van der Waals surface area contributed by atoms with Crippen LogP contribution < -0.4 is 5.32 Å². The van der Waals surface area contributed by atoms with Gasteiger partial charge < -0.3 is 5.32 Å². The molecule has 0 bridgehead atoms. The Morgan fingerprint density at radius 1 is 1.17 bits per heavy atom. The van der Waals surface area contributed by atoms with E-state index in [-0.39, 0.29) is 6.04 Å². The number of hydrogen-bond acceptors (Lipinski definition) is 4. The van der Waals surface area contributed by atoms with Crippen LogP contribution in [0.5, 0.6) is 0 Å². The second-order valence-electron chi connectivity index (χ2n) is 5.81. The number of benzene rings is 1. The zero-order chi connectivity index (χ0) is 16.4. The summed E-state index contributed by atoms with van der Waals surface area (Å²) in [6.45, 7) is 2.50. The molecule has 6 heteroatoms. The van der Waals surface area contributed by atoms with Crippen LogP contribution in [-0.4, -0.2) is 31.3 Å². The second kappa shape index (κ2) is 6.29. The summed E-state index contributed by atoms with van der Waals surface area (Å²) in [5.41, 5.74) is 1.99. The van der Waals surface area contributed by atoms with E-state index in [1.165, 1.54) is 0 Å². The van der Waals surface area contributed by atoms with Crippen LogP contribution in [0.3, 0.4) is 0 Å². The maximum atomic E-state index is 12.9. The van der Waals surface area contributed by atoms with Gasteiger partial charge in [0.15, 0.2) is 0 Å². The first-order valence-corrected chi connectivity index (χ1v) is 9.18. The van der Waals surface area contributed by atoms with E-state index in [0.29, 0.717) is 11.4 Å². The molecule has 1 saturated heterocycles. The lowest BCUT2D eigenvalue weighted by Crippen LogP contribution is -2.30. The Balaban J connectivity index is 1.92. The summed E-state index contributed by atoms with van der Waals surface area (Å²) >= 11 is 0. The van der Waals surface area contributed by atoms with E-state index in [9.17, 15) is 8.42 Å². The number of pyridine rings is 1. The van der Waals surface area contributed by atoms with Gasteiger partial charge in [0.25, 0.3) is 0 Å². The molecule has 2 aromatic rings. The highest BCUT2D eigenvalue weighted by molar-refractivity contribution is 7.89. The minimum atomic E-state index is -3.48. The van der Waals surface area contributed by atoms with Crippen molar-refractivity contribution in [3.05, 3.63) is 53.7 Å². The molecule has 1 atom stereocenters. The molecule has 0 saturated carbocycles. The Morgan fingerprint density at radius 3 is 2.52 bits per heavy atom. The van der Waals surface area contributed by atoms with Gasteiger partial charge >= 0.3 is 0 Å². The number of rotatable bonds is 4. The zero-order valence-electron chi connectivity index (χ0n) is 13.4. The topological polar surface area (TPSA) is 62.3 Å². The van der Waals surface area contributed by atoms with E-state index in [1.807, 2.05) is 38.2 Å². The van der Waals surface area contributed by atoms with Gasteiger partial charge in [-0.15, -0.1) is 0 Å².